The number of fused-ring (bicyclic) bond motifs is 1. The lowest BCUT2D eigenvalue weighted by Gasteiger charge is -2.33. The molecule has 0 aliphatic rings. The summed E-state index contributed by atoms with van der Waals surface area (Å²) in [6, 6.07) is 13.8. The van der Waals surface area contributed by atoms with Gasteiger partial charge < -0.3 is 15.8 Å². The maximum absolute atomic E-state index is 12.1. The summed E-state index contributed by atoms with van der Waals surface area (Å²) in [5, 5.41) is 5.20. The topological polar surface area (TPSA) is 64.3 Å². The van der Waals surface area contributed by atoms with E-state index in [1.807, 2.05) is 63.2 Å². The Morgan fingerprint density at radius 2 is 1.91 bits per heavy atom. The number of nitrogens with one attached hydrogen (secondary N) is 1. The molecule has 2 aromatic carbocycles. The van der Waals surface area contributed by atoms with Gasteiger partial charge in [-0.3, -0.25) is 4.79 Å². The minimum atomic E-state index is -0.413. The van der Waals surface area contributed by atoms with Gasteiger partial charge in [0.2, 0.25) is 0 Å². The number of benzene rings is 2. The van der Waals surface area contributed by atoms with Crippen molar-refractivity contribution in [1.82, 2.24) is 5.32 Å². The zero-order valence-corrected chi connectivity index (χ0v) is 13.4. The SMILES string of the molecule is CC(C)C(C)(CN)NC(=O)COc1ccc2ccccc2c1. The second-order valence-electron chi connectivity index (χ2n) is 6.12. The lowest BCUT2D eigenvalue weighted by atomic mass is 9.88. The molecule has 0 bridgehead atoms. The van der Waals surface area contributed by atoms with Crippen LogP contribution < -0.4 is 15.8 Å². The molecule has 0 heterocycles. The third-order valence-electron chi connectivity index (χ3n) is 4.21. The molecule has 0 saturated carbocycles. The maximum Gasteiger partial charge on any atom is 0.258 e. The zero-order valence-electron chi connectivity index (χ0n) is 13.4. The Hall–Kier alpha value is -2.07. The van der Waals surface area contributed by atoms with Gasteiger partial charge >= 0.3 is 0 Å². The Morgan fingerprint density at radius 1 is 1.23 bits per heavy atom. The highest BCUT2D eigenvalue weighted by Crippen LogP contribution is 2.20. The van der Waals surface area contributed by atoms with Crippen LogP contribution in [0, 0.1) is 5.92 Å². The van der Waals surface area contributed by atoms with E-state index in [1.165, 1.54) is 0 Å². The van der Waals surface area contributed by atoms with E-state index >= 15 is 0 Å². The van der Waals surface area contributed by atoms with Crippen molar-refractivity contribution in [2.24, 2.45) is 11.7 Å². The van der Waals surface area contributed by atoms with E-state index in [9.17, 15) is 4.79 Å². The third kappa shape index (κ3) is 3.77. The van der Waals surface area contributed by atoms with Gasteiger partial charge in [-0.15, -0.1) is 0 Å². The van der Waals surface area contributed by atoms with E-state index in [-0.39, 0.29) is 18.4 Å². The molecule has 0 aliphatic heterocycles. The smallest absolute Gasteiger partial charge is 0.258 e. The van der Waals surface area contributed by atoms with Gasteiger partial charge in [0.1, 0.15) is 5.75 Å². The quantitative estimate of drug-likeness (QED) is 0.862. The van der Waals surface area contributed by atoms with Gasteiger partial charge in [0.15, 0.2) is 6.61 Å². The lowest BCUT2D eigenvalue weighted by molar-refractivity contribution is -0.125. The van der Waals surface area contributed by atoms with Crippen LogP contribution >= 0.6 is 0 Å². The van der Waals surface area contributed by atoms with Crippen LogP contribution in [0.5, 0.6) is 5.75 Å². The summed E-state index contributed by atoms with van der Waals surface area (Å²) < 4.78 is 5.59. The first-order valence-corrected chi connectivity index (χ1v) is 7.57. The zero-order chi connectivity index (χ0) is 16.2. The Kier molecular flexibility index (Phi) is 5.03. The predicted octanol–water partition coefficient (Wildman–Crippen LogP) is 2.71. The Balaban J connectivity index is 1.98. The molecule has 2 rings (SSSR count). The summed E-state index contributed by atoms with van der Waals surface area (Å²) in [5.74, 6) is 0.782. The standard InChI is InChI=1S/C18H24N2O2/c1-13(2)18(3,12-19)20-17(21)11-22-16-9-8-14-6-4-5-7-15(14)10-16/h4-10,13H,11-12,19H2,1-3H3,(H,20,21). The van der Waals surface area contributed by atoms with Gasteiger partial charge in [-0.25, -0.2) is 0 Å². The fourth-order valence-corrected chi connectivity index (χ4v) is 2.19. The predicted molar refractivity (Wildman–Crippen MR) is 89.9 cm³/mol. The van der Waals surface area contributed by atoms with E-state index in [2.05, 4.69) is 5.32 Å². The second-order valence-corrected chi connectivity index (χ2v) is 6.12. The Labute approximate surface area is 131 Å². The van der Waals surface area contributed by atoms with Crippen molar-refractivity contribution in [2.75, 3.05) is 13.2 Å². The summed E-state index contributed by atoms with van der Waals surface area (Å²) in [7, 11) is 0. The Morgan fingerprint density at radius 3 is 2.55 bits per heavy atom. The van der Waals surface area contributed by atoms with Crippen LogP contribution in [0.15, 0.2) is 42.5 Å². The monoisotopic (exact) mass is 300 g/mol. The van der Waals surface area contributed by atoms with Gasteiger partial charge in [-0.2, -0.15) is 0 Å². The van der Waals surface area contributed by atoms with E-state index in [0.717, 1.165) is 10.8 Å². The first kappa shape index (κ1) is 16.3. The maximum atomic E-state index is 12.1. The summed E-state index contributed by atoms with van der Waals surface area (Å²) in [5.41, 5.74) is 5.36. The molecule has 1 unspecified atom stereocenters. The van der Waals surface area contributed by atoms with Crippen molar-refractivity contribution < 1.29 is 9.53 Å². The fourth-order valence-electron chi connectivity index (χ4n) is 2.19. The molecular weight excluding hydrogens is 276 g/mol. The van der Waals surface area contributed by atoms with Crippen molar-refractivity contribution >= 4 is 16.7 Å². The van der Waals surface area contributed by atoms with E-state index in [0.29, 0.717) is 12.3 Å². The van der Waals surface area contributed by atoms with Gasteiger partial charge in [-0.1, -0.05) is 44.2 Å². The minimum absolute atomic E-state index is 0.0132. The number of carbonyl (C=O) groups excluding carboxylic acids is 1. The number of hydrogen-bond acceptors (Lipinski definition) is 3. The summed E-state index contributed by atoms with van der Waals surface area (Å²) in [6.45, 7) is 6.41. The van der Waals surface area contributed by atoms with E-state index in [4.69, 9.17) is 10.5 Å². The first-order valence-electron chi connectivity index (χ1n) is 7.57. The lowest BCUT2D eigenvalue weighted by Crippen LogP contribution is -2.56. The molecule has 0 aromatic heterocycles. The molecule has 0 fully saturated rings. The number of ether oxygens (including phenoxy) is 1. The molecule has 1 amide bonds. The molecule has 4 nitrogen and oxygen atoms in total. The van der Waals surface area contributed by atoms with E-state index < -0.39 is 5.54 Å². The molecule has 0 spiro atoms. The number of amides is 1. The summed E-state index contributed by atoms with van der Waals surface area (Å²) >= 11 is 0. The van der Waals surface area contributed by atoms with Crippen LogP contribution in [0.1, 0.15) is 20.8 Å². The minimum Gasteiger partial charge on any atom is -0.484 e. The molecule has 2 aromatic rings. The largest absolute Gasteiger partial charge is 0.484 e. The van der Waals surface area contributed by atoms with Crippen LogP contribution in [0.25, 0.3) is 10.8 Å². The summed E-state index contributed by atoms with van der Waals surface area (Å²) in [6.07, 6.45) is 0. The molecule has 1 atom stereocenters. The molecule has 4 heteroatoms. The number of nitrogens with two attached hydrogens (primary N) is 1. The summed E-state index contributed by atoms with van der Waals surface area (Å²) in [4.78, 5) is 12.1. The molecule has 0 aliphatic carbocycles. The normalized spacial score (nSPS) is 13.9. The van der Waals surface area contributed by atoms with Crippen LogP contribution in [0.2, 0.25) is 0 Å². The number of rotatable bonds is 6. The van der Waals surface area contributed by atoms with Crippen molar-refractivity contribution in [3.8, 4) is 5.75 Å². The molecule has 22 heavy (non-hydrogen) atoms. The average molecular weight is 300 g/mol. The van der Waals surface area contributed by atoms with Gasteiger partial charge in [0, 0.05) is 6.54 Å². The van der Waals surface area contributed by atoms with Gasteiger partial charge in [0.25, 0.3) is 5.91 Å². The average Bonchev–Trinajstić information content (AvgIpc) is 2.52. The molecule has 0 saturated heterocycles. The Bertz CT molecular complexity index is 654. The van der Waals surface area contributed by atoms with Gasteiger partial charge in [-0.05, 0) is 35.7 Å². The van der Waals surface area contributed by atoms with Crippen molar-refractivity contribution in [3.05, 3.63) is 42.5 Å². The highest BCUT2D eigenvalue weighted by atomic mass is 16.5. The van der Waals surface area contributed by atoms with Crippen LogP contribution in [-0.2, 0) is 4.79 Å². The van der Waals surface area contributed by atoms with Crippen molar-refractivity contribution in [2.45, 2.75) is 26.3 Å². The van der Waals surface area contributed by atoms with Crippen LogP contribution in [-0.4, -0.2) is 24.6 Å². The van der Waals surface area contributed by atoms with Crippen molar-refractivity contribution in [3.63, 3.8) is 0 Å². The van der Waals surface area contributed by atoms with E-state index in [1.54, 1.807) is 0 Å². The molecular formula is C18H24N2O2. The number of carbonyl (C=O) groups is 1. The molecule has 3 N–H and O–H groups in total. The number of hydrogen-bond donors (Lipinski definition) is 2. The van der Waals surface area contributed by atoms with Crippen LogP contribution in [0.4, 0.5) is 0 Å². The fraction of sp³-hybridized carbons (Fsp3) is 0.389. The second kappa shape index (κ2) is 6.79. The third-order valence-corrected chi connectivity index (χ3v) is 4.21. The first-order chi connectivity index (χ1) is 10.4. The van der Waals surface area contributed by atoms with Crippen LogP contribution in [0.3, 0.4) is 0 Å². The molecule has 0 radical (unpaired) electrons. The van der Waals surface area contributed by atoms with Crippen molar-refractivity contribution in [1.29, 1.82) is 0 Å². The molecule has 118 valence electrons. The highest BCUT2D eigenvalue weighted by molar-refractivity contribution is 5.84. The van der Waals surface area contributed by atoms with Gasteiger partial charge in [0.05, 0.1) is 5.54 Å². The highest BCUT2D eigenvalue weighted by Gasteiger charge is 2.28.